The van der Waals surface area contributed by atoms with Crippen LogP contribution in [-0.4, -0.2) is 22.6 Å². The number of rotatable bonds is 5. The second-order valence-corrected chi connectivity index (χ2v) is 6.45. The van der Waals surface area contributed by atoms with Gasteiger partial charge in [0.15, 0.2) is 11.5 Å². The fourth-order valence-electron chi connectivity index (χ4n) is 3.19. The Balaban J connectivity index is 1.66. The number of fused-ring (bicyclic) bond motifs is 1. The Bertz CT molecular complexity index is 929. The number of nitrogens with zero attached hydrogens (tertiary/aromatic N) is 2. The zero-order valence-corrected chi connectivity index (χ0v) is 15.0. The average molecular weight is 360 g/mol. The van der Waals surface area contributed by atoms with Gasteiger partial charge in [0.25, 0.3) is 5.91 Å². The molecule has 0 saturated carbocycles. The van der Waals surface area contributed by atoms with Gasteiger partial charge in [-0.15, -0.1) is 0 Å². The molecule has 0 N–H and O–H groups in total. The predicted octanol–water partition coefficient (Wildman–Crippen LogP) is 4.21. The van der Waals surface area contributed by atoms with E-state index < -0.39 is 0 Å². The molecule has 5 nitrogen and oxygen atoms in total. The van der Waals surface area contributed by atoms with Crippen LogP contribution in [0.3, 0.4) is 0 Å². The van der Waals surface area contributed by atoms with Crippen LogP contribution in [0.15, 0.2) is 73.1 Å². The predicted molar refractivity (Wildman–Crippen MR) is 102 cm³/mol. The number of hydrogen-bond donors (Lipinski definition) is 0. The Morgan fingerprint density at radius 2 is 1.89 bits per heavy atom. The monoisotopic (exact) mass is 360 g/mol. The summed E-state index contributed by atoms with van der Waals surface area (Å²) in [4.78, 5) is 19.2. The first-order valence-corrected chi connectivity index (χ1v) is 8.87. The van der Waals surface area contributed by atoms with Gasteiger partial charge in [0.2, 0.25) is 6.79 Å². The molecule has 0 fully saturated rings. The van der Waals surface area contributed by atoms with Gasteiger partial charge >= 0.3 is 0 Å². The van der Waals surface area contributed by atoms with Crippen LogP contribution in [0.25, 0.3) is 0 Å². The Morgan fingerprint density at radius 1 is 1.07 bits per heavy atom. The molecule has 1 aliphatic heterocycles. The molecule has 2 heterocycles. The van der Waals surface area contributed by atoms with Crippen LogP contribution in [0.4, 0.5) is 0 Å². The second kappa shape index (κ2) is 7.50. The summed E-state index contributed by atoms with van der Waals surface area (Å²) >= 11 is 0. The Hall–Kier alpha value is -3.34. The van der Waals surface area contributed by atoms with E-state index in [1.165, 1.54) is 0 Å². The maximum absolute atomic E-state index is 13.2. The van der Waals surface area contributed by atoms with Crippen LogP contribution in [0.5, 0.6) is 11.5 Å². The summed E-state index contributed by atoms with van der Waals surface area (Å²) in [6, 6.07) is 19.3. The van der Waals surface area contributed by atoms with E-state index in [-0.39, 0.29) is 18.7 Å². The van der Waals surface area contributed by atoms with Crippen LogP contribution in [0, 0.1) is 0 Å². The van der Waals surface area contributed by atoms with E-state index in [9.17, 15) is 4.79 Å². The van der Waals surface area contributed by atoms with Crippen LogP contribution < -0.4 is 9.47 Å². The minimum atomic E-state index is -0.0932. The Labute approximate surface area is 158 Å². The molecule has 0 saturated heterocycles. The van der Waals surface area contributed by atoms with Crippen molar-refractivity contribution in [1.82, 2.24) is 9.88 Å². The molecule has 1 amide bonds. The molecule has 4 rings (SSSR count). The lowest BCUT2D eigenvalue weighted by Crippen LogP contribution is -2.33. The van der Waals surface area contributed by atoms with Crippen molar-refractivity contribution in [2.24, 2.45) is 0 Å². The number of ether oxygens (including phenoxy) is 2. The summed E-state index contributed by atoms with van der Waals surface area (Å²) < 4.78 is 10.9. The van der Waals surface area contributed by atoms with Gasteiger partial charge in [-0.2, -0.15) is 0 Å². The summed E-state index contributed by atoms with van der Waals surface area (Å²) in [5, 5.41) is 0. The third-order valence-corrected chi connectivity index (χ3v) is 4.71. The van der Waals surface area contributed by atoms with Gasteiger partial charge in [0.05, 0.1) is 11.6 Å². The molecule has 1 aliphatic rings. The Morgan fingerprint density at radius 3 is 2.67 bits per heavy atom. The lowest BCUT2D eigenvalue weighted by atomic mass is 10.0. The van der Waals surface area contributed by atoms with Crippen molar-refractivity contribution in [2.75, 3.05) is 6.79 Å². The van der Waals surface area contributed by atoms with E-state index >= 15 is 0 Å². The first-order valence-electron chi connectivity index (χ1n) is 8.87. The average Bonchev–Trinajstić information content (AvgIpc) is 3.20. The van der Waals surface area contributed by atoms with E-state index in [4.69, 9.17) is 9.47 Å². The van der Waals surface area contributed by atoms with Crippen molar-refractivity contribution in [1.29, 1.82) is 0 Å². The molecule has 0 unspecified atom stereocenters. The normalized spacial score (nSPS) is 13.2. The highest BCUT2D eigenvalue weighted by Crippen LogP contribution is 2.34. The molecular formula is C22H20N2O3. The standard InChI is InChI=1S/C22H20N2O3/c1-16(18-6-3-2-4-7-18)24(22(25)19-8-5-11-23-13-19)14-17-9-10-20-21(12-17)27-15-26-20/h2-13,16H,14-15H2,1H3/t16-/m0/s1. The van der Waals surface area contributed by atoms with E-state index in [0.717, 1.165) is 16.9 Å². The van der Waals surface area contributed by atoms with E-state index in [1.807, 2.05) is 60.4 Å². The molecule has 5 heteroatoms. The maximum atomic E-state index is 13.2. The molecule has 27 heavy (non-hydrogen) atoms. The summed E-state index contributed by atoms with van der Waals surface area (Å²) in [7, 11) is 0. The second-order valence-electron chi connectivity index (χ2n) is 6.45. The highest BCUT2D eigenvalue weighted by atomic mass is 16.7. The third kappa shape index (κ3) is 3.62. The minimum Gasteiger partial charge on any atom is -0.454 e. The van der Waals surface area contributed by atoms with Crippen LogP contribution >= 0.6 is 0 Å². The van der Waals surface area contributed by atoms with Crippen molar-refractivity contribution >= 4 is 5.91 Å². The quantitative estimate of drug-likeness (QED) is 0.684. The fraction of sp³-hybridized carbons (Fsp3) is 0.182. The number of benzene rings is 2. The molecule has 0 radical (unpaired) electrons. The fourth-order valence-corrected chi connectivity index (χ4v) is 3.19. The summed E-state index contributed by atoms with van der Waals surface area (Å²) in [5.74, 6) is 1.39. The van der Waals surface area contributed by atoms with E-state index in [1.54, 1.807) is 24.5 Å². The van der Waals surface area contributed by atoms with Gasteiger partial charge in [-0.05, 0) is 42.3 Å². The zero-order valence-electron chi connectivity index (χ0n) is 15.0. The number of carbonyl (C=O) groups excluding carboxylic acids is 1. The number of aromatic nitrogens is 1. The Kier molecular flexibility index (Phi) is 4.75. The topological polar surface area (TPSA) is 51.7 Å². The third-order valence-electron chi connectivity index (χ3n) is 4.71. The number of carbonyl (C=O) groups is 1. The number of pyridine rings is 1. The van der Waals surface area contributed by atoms with Crippen molar-refractivity contribution in [3.63, 3.8) is 0 Å². The molecule has 1 atom stereocenters. The maximum Gasteiger partial charge on any atom is 0.256 e. The van der Waals surface area contributed by atoms with Crippen molar-refractivity contribution < 1.29 is 14.3 Å². The van der Waals surface area contributed by atoms with Crippen LogP contribution in [0.2, 0.25) is 0 Å². The molecule has 0 bridgehead atoms. The molecule has 1 aromatic heterocycles. The van der Waals surface area contributed by atoms with Gasteiger partial charge in [-0.3, -0.25) is 9.78 Å². The van der Waals surface area contributed by atoms with Crippen molar-refractivity contribution in [3.8, 4) is 11.5 Å². The first kappa shape index (κ1) is 17.1. The smallest absolute Gasteiger partial charge is 0.256 e. The molecule has 0 spiro atoms. The van der Waals surface area contributed by atoms with Gasteiger partial charge in [-0.1, -0.05) is 36.4 Å². The SMILES string of the molecule is C[C@@H](c1ccccc1)N(Cc1ccc2c(c1)OCO2)C(=O)c1cccnc1. The highest BCUT2D eigenvalue weighted by molar-refractivity contribution is 5.94. The zero-order chi connectivity index (χ0) is 18.6. The molecule has 136 valence electrons. The first-order chi connectivity index (χ1) is 13.2. The van der Waals surface area contributed by atoms with Crippen LogP contribution in [-0.2, 0) is 6.54 Å². The van der Waals surface area contributed by atoms with E-state index in [2.05, 4.69) is 4.98 Å². The molecular weight excluding hydrogens is 340 g/mol. The van der Waals surface area contributed by atoms with Gasteiger partial charge in [0.1, 0.15) is 0 Å². The summed E-state index contributed by atoms with van der Waals surface area (Å²) in [6.07, 6.45) is 3.27. The van der Waals surface area contributed by atoms with Crippen molar-refractivity contribution in [3.05, 3.63) is 89.7 Å². The van der Waals surface area contributed by atoms with Gasteiger partial charge in [0, 0.05) is 18.9 Å². The lowest BCUT2D eigenvalue weighted by Gasteiger charge is -2.30. The molecule has 3 aromatic rings. The lowest BCUT2D eigenvalue weighted by molar-refractivity contribution is 0.0673. The van der Waals surface area contributed by atoms with E-state index in [0.29, 0.717) is 17.9 Å². The van der Waals surface area contributed by atoms with Crippen molar-refractivity contribution in [2.45, 2.75) is 19.5 Å². The van der Waals surface area contributed by atoms with Gasteiger partial charge < -0.3 is 14.4 Å². The van der Waals surface area contributed by atoms with Gasteiger partial charge in [-0.25, -0.2) is 0 Å². The number of hydrogen-bond acceptors (Lipinski definition) is 4. The summed E-state index contributed by atoms with van der Waals surface area (Å²) in [5.41, 5.74) is 2.63. The van der Waals surface area contributed by atoms with Crippen LogP contribution in [0.1, 0.15) is 34.5 Å². The molecule has 0 aliphatic carbocycles. The minimum absolute atomic E-state index is 0.0582. The molecule has 2 aromatic carbocycles. The largest absolute Gasteiger partial charge is 0.454 e. The highest BCUT2D eigenvalue weighted by Gasteiger charge is 2.24. The number of amides is 1. The summed E-state index contributed by atoms with van der Waals surface area (Å²) in [6.45, 7) is 2.73.